The molecule has 9 nitrogen and oxygen atoms in total. The van der Waals surface area contributed by atoms with Crippen LogP contribution in [0.4, 0.5) is 8.78 Å². The zero-order valence-electron chi connectivity index (χ0n) is 15.1. The molecule has 5 atom stereocenters. The first-order valence-electron chi connectivity index (χ1n) is 8.63. The van der Waals surface area contributed by atoms with Crippen molar-refractivity contribution in [2.75, 3.05) is 6.61 Å². The molecule has 0 unspecified atom stereocenters. The predicted molar refractivity (Wildman–Crippen MR) is 93.5 cm³/mol. The second-order valence-electron chi connectivity index (χ2n) is 6.57. The Morgan fingerprint density at radius 2 is 2.00 bits per heavy atom. The van der Waals surface area contributed by atoms with E-state index in [0.29, 0.717) is 10.9 Å². The minimum atomic E-state index is -3.37. The van der Waals surface area contributed by atoms with Crippen LogP contribution in [0.1, 0.15) is 5.56 Å². The zero-order valence-corrected chi connectivity index (χ0v) is 15.1. The highest BCUT2D eigenvalue weighted by molar-refractivity contribution is 5.81. The van der Waals surface area contributed by atoms with Crippen LogP contribution in [0.2, 0.25) is 0 Å². The molecule has 2 heterocycles. The maximum atomic E-state index is 12.6. The highest BCUT2D eigenvalue weighted by atomic mass is 19.3. The zero-order chi connectivity index (χ0) is 21.3. The molecule has 1 aliphatic heterocycles. The molecule has 1 fully saturated rings. The van der Waals surface area contributed by atoms with Gasteiger partial charge in [-0.25, -0.2) is 4.79 Å². The van der Waals surface area contributed by atoms with Gasteiger partial charge in [0, 0.05) is 17.5 Å². The summed E-state index contributed by atoms with van der Waals surface area (Å²) in [6.45, 7) is 1.02. The summed E-state index contributed by atoms with van der Waals surface area (Å²) in [5.41, 5.74) is 0.274. The van der Waals surface area contributed by atoms with Crippen LogP contribution in [0.3, 0.4) is 0 Å². The Labute approximate surface area is 162 Å². The normalized spacial score (nSPS) is 27.2. The molecule has 158 valence electrons. The Bertz CT molecular complexity index is 949. The Hall–Kier alpha value is -2.60. The van der Waals surface area contributed by atoms with E-state index in [2.05, 4.69) is 0 Å². The molecule has 1 aromatic heterocycles. The van der Waals surface area contributed by atoms with E-state index in [9.17, 15) is 33.7 Å². The topological polar surface area (TPSA) is 138 Å². The number of amides is 1. The van der Waals surface area contributed by atoms with Gasteiger partial charge in [0.25, 0.3) is 5.91 Å². The summed E-state index contributed by atoms with van der Waals surface area (Å²) in [5, 5.41) is 32.0. The second kappa shape index (κ2) is 8.41. The maximum Gasteiger partial charge on any atom is 0.336 e. The standard InChI is InChI=1S/C18H19F2NO8/c1-7-4-12(23)28-10-5-8(2-3-9(7)10)27-18-13(21-17(26)16(19)20)15(25)14(24)11(6-22)29-18/h2-5,11,13-16,18,22,24-25H,6H2,1H3,(H,21,26)/t11-,13-,14-,15-,18-/m1/s1. The van der Waals surface area contributed by atoms with Crippen molar-refractivity contribution in [1.82, 2.24) is 5.32 Å². The fourth-order valence-corrected chi connectivity index (χ4v) is 3.08. The van der Waals surface area contributed by atoms with Crippen molar-refractivity contribution >= 4 is 16.9 Å². The number of carbonyl (C=O) groups is 1. The number of ether oxygens (including phenoxy) is 2. The molecule has 1 aliphatic rings. The first kappa shape index (κ1) is 21.1. The molecule has 1 amide bonds. The van der Waals surface area contributed by atoms with Gasteiger partial charge in [0.1, 0.15) is 35.7 Å². The van der Waals surface area contributed by atoms with Crippen LogP contribution < -0.4 is 15.7 Å². The average molecular weight is 415 g/mol. The molecule has 0 bridgehead atoms. The number of aryl methyl sites for hydroxylation is 1. The van der Waals surface area contributed by atoms with Crippen LogP contribution in [0, 0.1) is 6.92 Å². The number of halogens is 2. The number of aliphatic hydroxyl groups excluding tert-OH is 3. The molecule has 0 spiro atoms. The van der Waals surface area contributed by atoms with Gasteiger partial charge in [0.2, 0.25) is 6.29 Å². The summed E-state index contributed by atoms with van der Waals surface area (Å²) >= 11 is 0. The minimum absolute atomic E-state index is 0.0767. The third-order valence-electron chi connectivity index (χ3n) is 4.56. The first-order chi connectivity index (χ1) is 13.7. The fourth-order valence-electron chi connectivity index (χ4n) is 3.08. The molecule has 0 radical (unpaired) electrons. The SMILES string of the molecule is Cc1cc(=O)oc2cc(O[C@@H]3O[C@H](CO)[C@@H](O)[C@H](O)[C@H]3NC(=O)C(F)F)ccc12. The van der Waals surface area contributed by atoms with E-state index in [1.807, 2.05) is 5.32 Å². The largest absolute Gasteiger partial charge is 0.462 e. The van der Waals surface area contributed by atoms with Crippen LogP contribution in [-0.4, -0.2) is 64.9 Å². The lowest BCUT2D eigenvalue weighted by molar-refractivity contribution is -0.245. The van der Waals surface area contributed by atoms with Crippen LogP contribution in [0.5, 0.6) is 5.75 Å². The Balaban J connectivity index is 1.91. The van der Waals surface area contributed by atoms with E-state index < -0.39 is 55.2 Å². The number of hydrogen-bond acceptors (Lipinski definition) is 8. The van der Waals surface area contributed by atoms with Gasteiger partial charge in [-0.2, -0.15) is 8.78 Å². The summed E-state index contributed by atoms with van der Waals surface area (Å²) in [7, 11) is 0. The van der Waals surface area contributed by atoms with E-state index >= 15 is 0 Å². The van der Waals surface area contributed by atoms with Crippen molar-refractivity contribution in [2.24, 2.45) is 0 Å². The number of fused-ring (bicyclic) bond motifs is 1. The van der Waals surface area contributed by atoms with Gasteiger partial charge in [0.15, 0.2) is 0 Å². The third-order valence-corrected chi connectivity index (χ3v) is 4.56. The van der Waals surface area contributed by atoms with Crippen molar-refractivity contribution in [3.63, 3.8) is 0 Å². The van der Waals surface area contributed by atoms with E-state index in [1.54, 1.807) is 13.0 Å². The molecule has 1 saturated heterocycles. The number of carbonyl (C=O) groups excluding carboxylic acids is 1. The summed E-state index contributed by atoms with van der Waals surface area (Å²) in [6.07, 6.45) is -9.58. The molecule has 0 saturated carbocycles. The Morgan fingerprint density at radius 1 is 1.28 bits per heavy atom. The van der Waals surface area contributed by atoms with Crippen LogP contribution in [0.25, 0.3) is 11.0 Å². The molecular weight excluding hydrogens is 396 g/mol. The lowest BCUT2D eigenvalue weighted by Gasteiger charge is -2.42. The van der Waals surface area contributed by atoms with Gasteiger partial charge in [-0.05, 0) is 24.6 Å². The smallest absolute Gasteiger partial charge is 0.336 e. The van der Waals surface area contributed by atoms with Crippen LogP contribution >= 0.6 is 0 Å². The molecule has 3 rings (SSSR count). The molecular formula is C18H19F2NO8. The molecule has 29 heavy (non-hydrogen) atoms. The highest BCUT2D eigenvalue weighted by Crippen LogP contribution is 2.27. The summed E-state index contributed by atoms with van der Waals surface area (Å²) in [5.74, 6) is -1.62. The lowest BCUT2D eigenvalue weighted by Crippen LogP contribution is -2.66. The van der Waals surface area contributed by atoms with Gasteiger partial charge >= 0.3 is 12.1 Å². The van der Waals surface area contributed by atoms with Gasteiger partial charge in [-0.15, -0.1) is 0 Å². The monoisotopic (exact) mass is 415 g/mol. The number of aliphatic hydroxyl groups is 3. The molecule has 11 heteroatoms. The number of alkyl halides is 2. The van der Waals surface area contributed by atoms with Crippen molar-refractivity contribution in [2.45, 2.75) is 44.0 Å². The quantitative estimate of drug-likeness (QED) is 0.487. The van der Waals surface area contributed by atoms with Gasteiger partial charge in [-0.3, -0.25) is 4.79 Å². The number of hydrogen-bond donors (Lipinski definition) is 4. The molecule has 0 aliphatic carbocycles. The van der Waals surface area contributed by atoms with Crippen molar-refractivity contribution in [1.29, 1.82) is 0 Å². The van der Waals surface area contributed by atoms with Crippen molar-refractivity contribution < 1.29 is 42.8 Å². The average Bonchev–Trinajstić information content (AvgIpc) is 2.66. The molecule has 2 aromatic rings. The van der Waals surface area contributed by atoms with E-state index in [1.165, 1.54) is 18.2 Å². The van der Waals surface area contributed by atoms with Crippen molar-refractivity contribution in [3.8, 4) is 5.75 Å². The fraction of sp³-hybridized carbons (Fsp3) is 0.444. The minimum Gasteiger partial charge on any atom is -0.462 e. The van der Waals surface area contributed by atoms with E-state index in [0.717, 1.165) is 0 Å². The third kappa shape index (κ3) is 4.37. The maximum absolute atomic E-state index is 12.6. The first-order valence-corrected chi connectivity index (χ1v) is 8.63. The van der Waals surface area contributed by atoms with E-state index in [4.69, 9.17) is 13.9 Å². The number of rotatable bonds is 5. The Kier molecular flexibility index (Phi) is 6.13. The Morgan fingerprint density at radius 3 is 2.66 bits per heavy atom. The van der Waals surface area contributed by atoms with Crippen LogP contribution in [0.15, 0.2) is 33.5 Å². The van der Waals surface area contributed by atoms with Gasteiger partial charge in [0.05, 0.1) is 6.61 Å². The van der Waals surface area contributed by atoms with Gasteiger partial charge in [-0.1, -0.05) is 0 Å². The number of nitrogens with one attached hydrogen (secondary N) is 1. The number of benzene rings is 1. The molecule has 4 N–H and O–H groups in total. The lowest BCUT2D eigenvalue weighted by atomic mass is 9.97. The summed E-state index contributed by atoms with van der Waals surface area (Å²) in [4.78, 5) is 23.0. The van der Waals surface area contributed by atoms with Gasteiger partial charge < -0.3 is 34.5 Å². The summed E-state index contributed by atoms with van der Waals surface area (Å²) < 4.78 is 41.3. The van der Waals surface area contributed by atoms with Crippen LogP contribution in [-0.2, 0) is 9.53 Å². The predicted octanol–water partition coefficient (Wildman–Crippen LogP) is -0.331. The molecule has 1 aromatic carbocycles. The summed E-state index contributed by atoms with van der Waals surface area (Å²) in [6, 6.07) is 4.18. The van der Waals surface area contributed by atoms with Crippen molar-refractivity contribution in [3.05, 3.63) is 40.2 Å². The second-order valence-corrected chi connectivity index (χ2v) is 6.57. The highest BCUT2D eigenvalue weighted by Gasteiger charge is 2.47. The van der Waals surface area contributed by atoms with E-state index in [-0.39, 0.29) is 11.3 Å².